The number of anilines is 2. The normalized spacial score (nSPS) is 15.3. The van der Waals surface area contributed by atoms with Crippen molar-refractivity contribution < 1.29 is 8.78 Å². The molecule has 0 saturated heterocycles. The number of nitrogens with zero attached hydrogens (tertiary/aromatic N) is 1. The molecule has 1 aromatic rings. The fourth-order valence-electron chi connectivity index (χ4n) is 2.05. The van der Waals surface area contributed by atoms with E-state index in [1.54, 1.807) is 12.1 Å². The molecule has 0 bridgehead atoms. The van der Waals surface area contributed by atoms with Crippen LogP contribution in [0.3, 0.4) is 0 Å². The van der Waals surface area contributed by atoms with E-state index in [-0.39, 0.29) is 5.56 Å². The highest BCUT2D eigenvalue weighted by Crippen LogP contribution is 2.35. The minimum atomic E-state index is -2.47. The van der Waals surface area contributed by atoms with E-state index in [2.05, 4.69) is 0 Å². The summed E-state index contributed by atoms with van der Waals surface area (Å²) in [6.45, 7) is 3.62. The lowest BCUT2D eigenvalue weighted by Gasteiger charge is -2.25. The average molecular weight is 240 g/mol. The summed E-state index contributed by atoms with van der Waals surface area (Å²) in [7, 11) is 0. The first-order valence-corrected chi connectivity index (χ1v) is 6.04. The largest absolute Gasteiger partial charge is 0.399 e. The van der Waals surface area contributed by atoms with Gasteiger partial charge in [0.05, 0.1) is 0 Å². The van der Waals surface area contributed by atoms with Crippen LogP contribution in [0.15, 0.2) is 18.2 Å². The second-order valence-corrected chi connectivity index (χ2v) is 4.60. The molecule has 1 aliphatic carbocycles. The Morgan fingerprint density at radius 1 is 1.41 bits per heavy atom. The van der Waals surface area contributed by atoms with Crippen molar-refractivity contribution in [1.82, 2.24) is 0 Å². The van der Waals surface area contributed by atoms with Gasteiger partial charge in [-0.2, -0.15) is 0 Å². The van der Waals surface area contributed by atoms with Gasteiger partial charge < -0.3 is 10.6 Å². The Morgan fingerprint density at radius 3 is 2.65 bits per heavy atom. The Labute approximate surface area is 100 Å². The van der Waals surface area contributed by atoms with Crippen molar-refractivity contribution in [2.75, 3.05) is 23.7 Å². The summed E-state index contributed by atoms with van der Waals surface area (Å²) >= 11 is 0. The van der Waals surface area contributed by atoms with Crippen LogP contribution in [-0.2, 0) is 0 Å². The molecular weight excluding hydrogens is 222 g/mol. The highest BCUT2D eigenvalue weighted by Gasteiger charge is 2.26. The maximum atomic E-state index is 13.0. The van der Waals surface area contributed by atoms with Gasteiger partial charge in [-0.3, -0.25) is 0 Å². The molecule has 0 atom stereocenters. The van der Waals surface area contributed by atoms with Crippen LogP contribution >= 0.6 is 0 Å². The lowest BCUT2D eigenvalue weighted by molar-refractivity contribution is 0.152. The molecule has 0 unspecified atom stereocenters. The molecule has 1 saturated carbocycles. The zero-order valence-electron chi connectivity index (χ0n) is 10.00. The zero-order chi connectivity index (χ0) is 12.4. The standard InChI is InChI=1S/C13H18F2N2/c1-2-17(8-9-3-4-9)12-6-5-10(16)7-11(12)13(14)15/h5-7,9,13H,2-4,8,16H2,1H3. The van der Waals surface area contributed by atoms with Crippen molar-refractivity contribution in [2.45, 2.75) is 26.2 Å². The zero-order valence-corrected chi connectivity index (χ0v) is 10.00. The van der Waals surface area contributed by atoms with Crippen molar-refractivity contribution in [1.29, 1.82) is 0 Å². The number of hydrogen-bond donors (Lipinski definition) is 1. The molecule has 1 aliphatic rings. The minimum absolute atomic E-state index is 0.0486. The van der Waals surface area contributed by atoms with Gasteiger partial charge in [0.2, 0.25) is 0 Å². The first-order valence-electron chi connectivity index (χ1n) is 6.04. The van der Waals surface area contributed by atoms with E-state index >= 15 is 0 Å². The first kappa shape index (κ1) is 12.1. The van der Waals surface area contributed by atoms with E-state index in [1.165, 1.54) is 18.9 Å². The summed E-state index contributed by atoms with van der Waals surface area (Å²) in [4.78, 5) is 2.03. The van der Waals surface area contributed by atoms with Crippen LogP contribution in [0.5, 0.6) is 0 Å². The van der Waals surface area contributed by atoms with E-state index in [9.17, 15) is 8.78 Å². The predicted octanol–water partition coefficient (Wildman–Crippen LogP) is 3.44. The van der Waals surface area contributed by atoms with Gasteiger partial charge in [0.1, 0.15) is 0 Å². The van der Waals surface area contributed by atoms with Gasteiger partial charge in [-0.15, -0.1) is 0 Å². The Balaban J connectivity index is 2.27. The second kappa shape index (κ2) is 4.90. The van der Waals surface area contributed by atoms with E-state index in [4.69, 9.17) is 5.73 Å². The Morgan fingerprint density at radius 2 is 2.12 bits per heavy atom. The van der Waals surface area contributed by atoms with Gasteiger partial charge in [-0.1, -0.05) is 0 Å². The SMILES string of the molecule is CCN(CC1CC1)c1ccc(N)cc1C(F)F. The lowest BCUT2D eigenvalue weighted by atomic mass is 10.1. The Kier molecular flexibility index (Phi) is 3.50. The second-order valence-electron chi connectivity index (χ2n) is 4.60. The van der Waals surface area contributed by atoms with Crippen LogP contribution in [-0.4, -0.2) is 13.1 Å². The Hall–Kier alpha value is -1.32. The molecule has 2 nitrogen and oxygen atoms in total. The molecule has 0 heterocycles. The van der Waals surface area contributed by atoms with E-state index in [1.807, 2.05) is 11.8 Å². The van der Waals surface area contributed by atoms with Gasteiger partial charge in [0.25, 0.3) is 6.43 Å². The maximum Gasteiger partial charge on any atom is 0.265 e. The molecule has 1 fully saturated rings. The van der Waals surface area contributed by atoms with E-state index in [0.29, 0.717) is 17.3 Å². The molecule has 4 heteroatoms. The third-order valence-corrected chi connectivity index (χ3v) is 3.18. The Bertz CT molecular complexity index is 389. The number of alkyl halides is 2. The van der Waals surface area contributed by atoms with Gasteiger partial charge in [0.15, 0.2) is 0 Å². The molecule has 0 aromatic heterocycles. The number of benzene rings is 1. The molecule has 2 N–H and O–H groups in total. The number of hydrogen-bond acceptors (Lipinski definition) is 2. The minimum Gasteiger partial charge on any atom is -0.399 e. The molecule has 2 rings (SSSR count). The highest BCUT2D eigenvalue weighted by molar-refractivity contribution is 5.60. The quantitative estimate of drug-likeness (QED) is 0.799. The van der Waals surface area contributed by atoms with Crippen LogP contribution in [0.2, 0.25) is 0 Å². The van der Waals surface area contributed by atoms with Crippen molar-refractivity contribution in [3.05, 3.63) is 23.8 Å². The van der Waals surface area contributed by atoms with Gasteiger partial charge in [0, 0.05) is 30.0 Å². The van der Waals surface area contributed by atoms with Crippen LogP contribution in [0.1, 0.15) is 31.8 Å². The van der Waals surface area contributed by atoms with Gasteiger partial charge in [-0.25, -0.2) is 8.78 Å². The number of nitrogen functional groups attached to an aromatic ring is 1. The third-order valence-electron chi connectivity index (χ3n) is 3.18. The lowest BCUT2D eigenvalue weighted by Crippen LogP contribution is -2.26. The highest BCUT2D eigenvalue weighted by atomic mass is 19.3. The monoisotopic (exact) mass is 240 g/mol. The summed E-state index contributed by atoms with van der Waals surface area (Å²) in [5.74, 6) is 0.679. The molecule has 0 amide bonds. The molecule has 94 valence electrons. The average Bonchev–Trinajstić information content (AvgIpc) is 3.10. The predicted molar refractivity (Wildman–Crippen MR) is 66.4 cm³/mol. The van der Waals surface area contributed by atoms with Gasteiger partial charge >= 0.3 is 0 Å². The van der Waals surface area contributed by atoms with Crippen LogP contribution in [0.25, 0.3) is 0 Å². The molecular formula is C13H18F2N2. The van der Waals surface area contributed by atoms with E-state index in [0.717, 1.165) is 13.1 Å². The molecule has 0 spiro atoms. The summed E-state index contributed by atoms with van der Waals surface area (Å²) in [5.41, 5.74) is 6.64. The van der Waals surface area contributed by atoms with Crippen molar-refractivity contribution in [2.24, 2.45) is 5.92 Å². The summed E-state index contributed by atoms with van der Waals surface area (Å²) in [6, 6.07) is 4.79. The topological polar surface area (TPSA) is 29.3 Å². The summed E-state index contributed by atoms with van der Waals surface area (Å²) in [5, 5.41) is 0. The number of halogens is 2. The smallest absolute Gasteiger partial charge is 0.265 e. The number of rotatable bonds is 5. The fourth-order valence-corrected chi connectivity index (χ4v) is 2.05. The van der Waals surface area contributed by atoms with Crippen molar-refractivity contribution in [3.8, 4) is 0 Å². The summed E-state index contributed by atoms with van der Waals surface area (Å²) in [6.07, 6.45) is -0.0351. The summed E-state index contributed by atoms with van der Waals surface area (Å²) < 4.78 is 26.0. The van der Waals surface area contributed by atoms with Crippen LogP contribution in [0.4, 0.5) is 20.2 Å². The van der Waals surface area contributed by atoms with Gasteiger partial charge in [-0.05, 0) is 43.9 Å². The fraction of sp³-hybridized carbons (Fsp3) is 0.538. The van der Waals surface area contributed by atoms with E-state index < -0.39 is 6.43 Å². The molecule has 0 radical (unpaired) electrons. The van der Waals surface area contributed by atoms with Crippen LogP contribution in [0, 0.1) is 5.92 Å². The molecule has 0 aliphatic heterocycles. The molecule has 17 heavy (non-hydrogen) atoms. The maximum absolute atomic E-state index is 13.0. The first-order chi connectivity index (χ1) is 8.11. The van der Waals surface area contributed by atoms with Crippen LogP contribution < -0.4 is 10.6 Å². The number of nitrogens with two attached hydrogens (primary N) is 1. The third kappa shape index (κ3) is 2.87. The van der Waals surface area contributed by atoms with Crippen molar-refractivity contribution >= 4 is 11.4 Å². The molecule has 1 aromatic carbocycles. The van der Waals surface area contributed by atoms with Crippen molar-refractivity contribution in [3.63, 3.8) is 0 Å².